The van der Waals surface area contributed by atoms with Crippen molar-refractivity contribution >= 4 is 27.4 Å². The fourth-order valence-corrected chi connectivity index (χ4v) is 2.51. The Kier molecular flexibility index (Phi) is 4.77. The molecule has 1 aromatic carbocycles. The van der Waals surface area contributed by atoms with Gasteiger partial charge in [-0.15, -0.1) is 0 Å². The van der Waals surface area contributed by atoms with Crippen LogP contribution in [0.5, 0.6) is 0 Å². The molecule has 0 atom stereocenters. The number of methoxy groups -OCH3 is 1. The Morgan fingerprint density at radius 1 is 1.32 bits per heavy atom. The highest BCUT2D eigenvalue weighted by Crippen LogP contribution is 2.24. The van der Waals surface area contributed by atoms with E-state index in [1.807, 2.05) is 13.8 Å². The molecule has 0 amide bonds. The van der Waals surface area contributed by atoms with E-state index >= 15 is 0 Å². The van der Waals surface area contributed by atoms with E-state index in [0.29, 0.717) is 11.4 Å². The molecule has 1 aromatic rings. The minimum atomic E-state index is -3.62. The number of esters is 1. The molecule has 3 N–H and O–H groups in total. The number of nitrogens with one attached hydrogen (secondary N) is 1. The number of ether oxygens (including phenoxy) is 1. The molecule has 0 aliphatic heterocycles. The van der Waals surface area contributed by atoms with Gasteiger partial charge in [-0.2, -0.15) is 0 Å². The Labute approximate surface area is 113 Å². The largest absolute Gasteiger partial charge is 0.469 e. The fourth-order valence-electron chi connectivity index (χ4n) is 1.47. The van der Waals surface area contributed by atoms with Crippen LogP contribution in [-0.2, 0) is 19.6 Å². The smallest absolute Gasteiger partial charge is 0.306 e. The zero-order valence-electron chi connectivity index (χ0n) is 11.2. The van der Waals surface area contributed by atoms with Crippen LogP contribution in [0.3, 0.4) is 0 Å². The van der Waals surface area contributed by atoms with Gasteiger partial charge >= 0.3 is 5.97 Å². The fraction of sp³-hybridized carbons (Fsp3) is 0.417. The molecule has 0 bridgehead atoms. The third-order valence-electron chi connectivity index (χ3n) is 2.73. The van der Waals surface area contributed by atoms with Gasteiger partial charge in [0.05, 0.1) is 30.7 Å². The molecule has 7 heteroatoms. The van der Waals surface area contributed by atoms with Gasteiger partial charge < -0.3 is 10.5 Å². The summed E-state index contributed by atoms with van der Waals surface area (Å²) in [7, 11) is -2.41. The second kappa shape index (κ2) is 5.92. The molecular weight excluding hydrogens is 268 g/mol. The lowest BCUT2D eigenvalue weighted by Gasteiger charge is -2.12. The molecule has 0 radical (unpaired) electrons. The molecule has 1 rings (SSSR count). The molecule has 0 aromatic heterocycles. The van der Waals surface area contributed by atoms with Crippen LogP contribution < -0.4 is 10.5 Å². The van der Waals surface area contributed by atoms with E-state index in [0.717, 1.165) is 11.1 Å². The zero-order valence-corrected chi connectivity index (χ0v) is 12.0. The SMILES string of the molecule is COC(=O)CCS(=O)(=O)Nc1cc(C)c(C)cc1N. The number of nitrogen functional groups attached to an aromatic ring is 1. The highest BCUT2D eigenvalue weighted by atomic mass is 32.2. The van der Waals surface area contributed by atoms with Crippen molar-refractivity contribution in [1.82, 2.24) is 0 Å². The lowest BCUT2D eigenvalue weighted by atomic mass is 10.1. The Hall–Kier alpha value is -1.76. The molecule has 0 aliphatic rings. The van der Waals surface area contributed by atoms with Gasteiger partial charge in [-0.3, -0.25) is 9.52 Å². The van der Waals surface area contributed by atoms with Crippen LogP contribution in [0.15, 0.2) is 12.1 Å². The molecule has 0 spiro atoms. The predicted octanol–water partition coefficient (Wildman–Crippen LogP) is 1.19. The quantitative estimate of drug-likeness (QED) is 0.626. The minimum Gasteiger partial charge on any atom is -0.469 e. The van der Waals surface area contributed by atoms with Gasteiger partial charge in [0, 0.05) is 0 Å². The average Bonchev–Trinajstić information content (AvgIpc) is 2.33. The molecular formula is C12H18N2O4S. The molecule has 0 unspecified atom stereocenters. The summed E-state index contributed by atoms with van der Waals surface area (Å²) in [5.41, 5.74) is 8.35. The second-order valence-electron chi connectivity index (χ2n) is 4.27. The number of carbonyl (C=O) groups is 1. The topological polar surface area (TPSA) is 98.5 Å². The second-order valence-corrected chi connectivity index (χ2v) is 6.11. The maximum atomic E-state index is 11.8. The number of hydrogen-bond donors (Lipinski definition) is 2. The third kappa shape index (κ3) is 4.44. The molecule has 0 saturated carbocycles. The Morgan fingerprint density at radius 3 is 2.47 bits per heavy atom. The van der Waals surface area contributed by atoms with Crippen LogP contribution in [-0.4, -0.2) is 27.2 Å². The Balaban J connectivity index is 2.84. The normalized spacial score (nSPS) is 11.1. The molecule has 6 nitrogen and oxygen atoms in total. The van der Waals surface area contributed by atoms with Gasteiger partial charge in [-0.1, -0.05) is 0 Å². The van der Waals surface area contributed by atoms with Gasteiger partial charge in [-0.25, -0.2) is 8.42 Å². The minimum absolute atomic E-state index is 0.198. The van der Waals surface area contributed by atoms with Crippen molar-refractivity contribution in [3.05, 3.63) is 23.3 Å². The number of carbonyl (C=O) groups excluding carboxylic acids is 1. The number of nitrogens with two attached hydrogens (primary N) is 1. The first-order valence-electron chi connectivity index (χ1n) is 5.69. The van der Waals surface area contributed by atoms with Crippen molar-refractivity contribution in [2.24, 2.45) is 0 Å². The first-order valence-corrected chi connectivity index (χ1v) is 7.34. The number of benzene rings is 1. The summed E-state index contributed by atoms with van der Waals surface area (Å²) < 4.78 is 30.4. The highest BCUT2D eigenvalue weighted by molar-refractivity contribution is 7.92. The van der Waals surface area contributed by atoms with Crippen molar-refractivity contribution in [3.63, 3.8) is 0 Å². The monoisotopic (exact) mass is 286 g/mol. The van der Waals surface area contributed by atoms with E-state index in [4.69, 9.17) is 5.73 Å². The van der Waals surface area contributed by atoms with Crippen LogP contribution in [0.2, 0.25) is 0 Å². The number of hydrogen-bond acceptors (Lipinski definition) is 5. The van der Waals surface area contributed by atoms with Crippen molar-refractivity contribution in [2.45, 2.75) is 20.3 Å². The summed E-state index contributed by atoms with van der Waals surface area (Å²) in [6, 6.07) is 3.37. The summed E-state index contributed by atoms with van der Waals surface area (Å²) in [5.74, 6) is -0.912. The summed E-state index contributed by atoms with van der Waals surface area (Å²) in [5, 5.41) is 0. The van der Waals surface area contributed by atoms with E-state index < -0.39 is 16.0 Å². The van der Waals surface area contributed by atoms with Crippen molar-refractivity contribution in [2.75, 3.05) is 23.3 Å². The lowest BCUT2D eigenvalue weighted by molar-refractivity contribution is -0.140. The van der Waals surface area contributed by atoms with Gasteiger partial charge in [0.1, 0.15) is 0 Å². The van der Waals surface area contributed by atoms with Gasteiger partial charge in [-0.05, 0) is 37.1 Å². The Bertz CT molecular complexity index is 582. The van der Waals surface area contributed by atoms with E-state index in [1.54, 1.807) is 12.1 Å². The van der Waals surface area contributed by atoms with Crippen LogP contribution >= 0.6 is 0 Å². The van der Waals surface area contributed by atoms with E-state index in [2.05, 4.69) is 9.46 Å². The Morgan fingerprint density at radius 2 is 1.89 bits per heavy atom. The number of rotatable bonds is 5. The number of aryl methyl sites for hydroxylation is 2. The summed E-state index contributed by atoms with van der Waals surface area (Å²) >= 11 is 0. The molecule has 106 valence electrons. The van der Waals surface area contributed by atoms with E-state index in [9.17, 15) is 13.2 Å². The first-order chi connectivity index (χ1) is 8.75. The van der Waals surface area contributed by atoms with E-state index in [-0.39, 0.29) is 12.2 Å². The van der Waals surface area contributed by atoms with E-state index in [1.165, 1.54) is 7.11 Å². The molecule has 19 heavy (non-hydrogen) atoms. The molecule has 0 fully saturated rings. The number of sulfonamides is 1. The lowest BCUT2D eigenvalue weighted by Crippen LogP contribution is -2.20. The first kappa shape index (κ1) is 15.3. The van der Waals surface area contributed by atoms with Crippen molar-refractivity contribution < 1.29 is 17.9 Å². The van der Waals surface area contributed by atoms with Crippen molar-refractivity contribution in [1.29, 1.82) is 0 Å². The van der Waals surface area contributed by atoms with Gasteiger partial charge in [0.15, 0.2) is 0 Å². The summed E-state index contributed by atoms with van der Waals surface area (Å²) in [6.45, 7) is 3.75. The molecule has 0 heterocycles. The predicted molar refractivity (Wildman–Crippen MR) is 74.4 cm³/mol. The van der Waals surface area contributed by atoms with Crippen molar-refractivity contribution in [3.8, 4) is 0 Å². The van der Waals surface area contributed by atoms with Gasteiger partial charge in [0.2, 0.25) is 10.0 Å². The summed E-state index contributed by atoms with van der Waals surface area (Å²) in [4.78, 5) is 10.9. The van der Waals surface area contributed by atoms with Crippen LogP contribution in [0, 0.1) is 13.8 Å². The maximum absolute atomic E-state index is 11.8. The van der Waals surface area contributed by atoms with Crippen LogP contribution in [0.4, 0.5) is 11.4 Å². The maximum Gasteiger partial charge on any atom is 0.306 e. The highest BCUT2D eigenvalue weighted by Gasteiger charge is 2.15. The summed E-state index contributed by atoms with van der Waals surface area (Å²) in [6.07, 6.45) is -0.198. The van der Waals surface area contributed by atoms with Crippen LogP contribution in [0.1, 0.15) is 17.5 Å². The molecule has 0 aliphatic carbocycles. The average molecular weight is 286 g/mol. The number of anilines is 2. The van der Waals surface area contributed by atoms with Gasteiger partial charge in [0.25, 0.3) is 0 Å². The van der Waals surface area contributed by atoms with Crippen LogP contribution in [0.25, 0.3) is 0 Å². The third-order valence-corrected chi connectivity index (χ3v) is 4.01. The zero-order chi connectivity index (χ0) is 14.6. The standard InChI is InChI=1S/C12H18N2O4S/c1-8-6-10(13)11(7-9(8)2)14-19(16,17)5-4-12(15)18-3/h6-7,14H,4-5,13H2,1-3H3. The molecule has 0 saturated heterocycles.